The van der Waals surface area contributed by atoms with Crippen LogP contribution >= 0.6 is 0 Å². The summed E-state index contributed by atoms with van der Waals surface area (Å²) in [6, 6.07) is 6.11. The minimum atomic E-state index is -0.354. The predicted molar refractivity (Wildman–Crippen MR) is 69.6 cm³/mol. The fraction of sp³-hybridized carbons (Fsp3) is 0.571. The molecule has 1 atom stereocenters. The van der Waals surface area contributed by atoms with Gasteiger partial charge in [-0.15, -0.1) is 0 Å². The molecule has 2 rings (SSSR count). The van der Waals surface area contributed by atoms with Gasteiger partial charge >= 0.3 is 0 Å². The van der Waals surface area contributed by atoms with E-state index in [1.165, 1.54) is 5.56 Å². The van der Waals surface area contributed by atoms with Gasteiger partial charge in [-0.3, -0.25) is 0 Å². The summed E-state index contributed by atoms with van der Waals surface area (Å²) < 4.78 is 5.24. The first-order valence-corrected chi connectivity index (χ1v) is 6.38. The molecule has 17 heavy (non-hydrogen) atoms. The van der Waals surface area contributed by atoms with Crippen LogP contribution in [0.15, 0.2) is 18.2 Å². The fourth-order valence-corrected chi connectivity index (χ4v) is 2.45. The van der Waals surface area contributed by atoms with E-state index >= 15 is 0 Å². The van der Waals surface area contributed by atoms with Crippen molar-refractivity contribution in [2.75, 3.05) is 18.6 Å². The minimum absolute atomic E-state index is 0.354. The normalized spacial score (nSPS) is 16.5. The summed E-state index contributed by atoms with van der Waals surface area (Å²) in [5, 5.41) is 10.1. The zero-order valence-electron chi connectivity index (χ0n) is 10.6. The first-order valence-electron chi connectivity index (χ1n) is 6.38. The molecule has 0 fully saturated rings. The van der Waals surface area contributed by atoms with E-state index in [1.807, 2.05) is 6.07 Å². The molecule has 1 unspecified atom stereocenters. The molecule has 0 aromatic heterocycles. The Morgan fingerprint density at radius 2 is 2.29 bits per heavy atom. The van der Waals surface area contributed by atoms with Crippen molar-refractivity contribution in [3.05, 3.63) is 23.8 Å². The molecule has 3 heteroatoms. The maximum Gasteiger partial charge on any atom is 0.126 e. The Kier molecular flexibility index (Phi) is 3.89. The van der Waals surface area contributed by atoms with E-state index in [2.05, 4.69) is 24.0 Å². The summed E-state index contributed by atoms with van der Waals surface area (Å²) in [6.45, 7) is 3.04. The molecule has 0 saturated heterocycles. The monoisotopic (exact) mass is 235 g/mol. The highest BCUT2D eigenvalue weighted by Gasteiger charge is 2.22. The van der Waals surface area contributed by atoms with E-state index in [4.69, 9.17) is 4.74 Å². The van der Waals surface area contributed by atoms with Crippen molar-refractivity contribution in [3.8, 4) is 5.75 Å². The van der Waals surface area contributed by atoms with Gasteiger partial charge in [-0.2, -0.15) is 0 Å². The lowest BCUT2D eigenvalue weighted by Gasteiger charge is -2.35. The van der Waals surface area contributed by atoms with Gasteiger partial charge in [0.2, 0.25) is 0 Å². The second-order valence-electron chi connectivity index (χ2n) is 4.56. The van der Waals surface area contributed by atoms with Crippen LogP contribution in [0, 0.1) is 0 Å². The van der Waals surface area contributed by atoms with Gasteiger partial charge in [-0.25, -0.2) is 0 Å². The molecule has 0 radical (unpaired) electrons. The molecule has 0 amide bonds. The Hall–Kier alpha value is -1.22. The third kappa shape index (κ3) is 2.55. The van der Waals surface area contributed by atoms with Gasteiger partial charge in [-0.1, -0.05) is 13.3 Å². The SMILES string of the molecule is CCCC(O)N1CCCc2cc(OC)ccc21. The van der Waals surface area contributed by atoms with Crippen molar-refractivity contribution in [1.29, 1.82) is 0 Å². The van der Waals surface area contributed by atoms with Crippen LogP contribution in [0.4, 0.5) is 5.69 Å². The third-order valence-electron chi connectivity index (χ3n) is 3.35. The van der Waals surface area contributed by atoms with Crippen molar-refractivity contribution < 1.29 is 9.84 Å². The Morgan fingerprint density at radius 1 is 1.47 bits per heavy atom. The zero-order valence-corrected chi connectivity index (χ0v) is 10.6. The molecule has 1 heterocycles. The maximum atomic E-state index is 10.1. The van der Waals surface area contributed by atoms with E-state index in [1.54, 1.807) is 7.11 Å². The van der Waals surface area contributed by atoms with E-state index < -0.39 is 0 Å². The summed E-state index contributed by atoms with van der Waals surface area (Å²) in [4.78, 5) is 2.11. The van der Waals surface area contributed by atoms with E-state index in [0.717, 1.165) is 43.7 Å². The average Bonchev–Trinajstić information content (AvgIpc) is 2.37. The number of hydrogen-bond donors (Lipinski definition) is 1. The molecule has 1 aromatic carbocycles. The second kappa shape index (κ2) is 5.41. The lowest BCUT2D eigenvalue weighted by molar-refractivity contribution is 0.155. The Bertz CT molecular complexity index is 378. The Labute approximate surface area is 103 Å². The van der Waals surface area contributed by atoms with Crippen LogP contribution < -0.4 is 9.64 Å². The molecular formula is C14H21NO2. The second-order valence-corrected chi connectivity index (χ2v) is 4.56. The highest BCUT2D eigenvalue weighted by Crippen LogP contribution is 2.31. The van der Waals surface area contributed by atoms with Crippen LogP contribution in [0.1, 0.15) is 31.7 Å². The van der Waals surface area contributed by atoms with E-state index in [-0.39, 0.29) is 6.23 Å². The summed E-state index contributed by atoms with van der Waals surface area (Å²) in [7, 11) is 1.69. The van der Waals surface area contributed by atoms with Crippen molar-refractivity contribution in [3.63, 3.8) is 0 Å². The average molecular weight is 235 g/mol. The fourth-order valence-electron chi connectivity index (χ4n) is 2.45. The Morgan fingerprint density at radius 3 is 3.00 bits per heavy atom. The highest BCUT2D eigenvalue weighted by molar-refractivity contribution is 5.58. The first-order chi connectivity index (χ1) is 8.26. The number of aliphatic hydroxyl groups excluding tert-OH is 1. The number of aryl methyl sites for hydroxylation is 1. The number of aliphatic hydroxyl groups is 1. The minimum Gasteiger partial charge on any atom is -0.497 e. The van der Waals surface area contributed by atoms with Gasteiger partial charge in [0, 0.05) is 12.2 Å². The summed E-state index contributed by atoms with van der Waals surface area (Å²) in [5.41, 5.74) is 2.45. The van der Waals surface area contributed by atoms with Crippen molar-refractivity contribution in [1.82, 2.24) is 0 Å². The summed E-state index contributed by atoms with van der Waals surface area (Å²) in [5.74, 6) is 0.899. The largest absolute Gasteiger partial charge is 0.497 e. The van der Waals surface area contributed by atoms with E-state index in [0.29, 0.717) is 0 Å². The topological polar surface area (TPSA) is 32.7 Å². The van der Waals surface area contributed by atoms with Crippen LogP contribution in [0.3, 0.4) is 0 Å². The number of methoxy groups -OCH3 is 1. The van der Waals surface area contributed by atoms with Gasteiger partial charge in [0.05, 0.1) is 7.11 Å². The molecular weight excluding hydrogens is 214 g/mol. The molecule has 0 bridgehead atoms. The van der Waals surface area contributed by atoms with Gasteiger partial charge in [0.15, 0.2) is 0 Å². The summed E-state index contributed by atoms with van der Waals surface area (Å²) in [6.07, 6.45) is 3.64. The number of anilines is 1. The molecule has 94 valence electrons. The Balaban J connectivity index is 2.25. The van der Waals surface area contributed by atoms with Crippen molar-refractivity contribution in [2.24, 2.45) is 0 Å². The van der Waals surface area contributed by atoms with Crippen LogP contribution in [0.25, 0.3) is 0 Å². The first kappa shape index (κ1) is 12.2. The lowest BCUT2D eigenvalue weighted by atomic mass is 10.0. The van der Waals surface area contributed by atoms with Gasteiger partial charge in [0.1, 0.15) is 12.0 Å². The van der Waals surface area contributed by atoms with E-state index in [9.17, 15) is 5.11 Å². The van der Waals surface area contributed by atoms with Crippen molar-refractivity contribution in [2.45, 2.75) is 38.8 Å². The standard InChI is InChI=1S/C14H21NO2/c1-3-5-14(16)15-9-4-6-11-10-12(17-2)7-8-13(11)15/h7-8,10,14,16H,3-6,9H2,1-2H3. The highest BCUT2D eigenvalue weighted by atomic mass is 16.5. The zero-order chi connectivity index (χ0) is 12.3. The number of nitrogens with zero attached hydrogens (tertiary/aromatic N) is 1. The van der Waals surface area contributed by atoms with Crippen LogP contribution in [0.5, 0.6) is 5.75 Å². The molecule has 1 aliphatic heterocycles. The molecule has 0 spiro atoms. The smallest absolute Gasteiger partial charge is 0.126 e. The molecule has 3 nitrogen and oxygen atoms in total. The quantitative estimate of drug-likeness (QED) is 0.870. The van der Waals surface area contributed by atoms with Crippen LogP contribution in [-0.2, 0) is 6.42 Å². The molecule has 0 saturated carbocycles. The molecule has 1 aliphatic rings. The number of benzene rings is 1. The lowest BCUT2D eigenvalue weighted by Crippen LogP contribution is -2.38. The molecule has 1 N–H and O–H groups in total. The van der Waals surface area contributed by atoms with Crippen LogP contribution in [-0.4, -0.2) is 25.0 Å². The number of ether oxygens (including phenoxy) is 1. The van der Waals surface area contributed by atoms with Gasteiger partial charge in [-0.05, 0) is 43.0 Å². The maximum absolute atomic E-state index is 10.1. The molecule has 0 aliphatic carbocycles. The predicted octanol–water partition coefficient (Wildman–Crippen LogP) is 2.57. The molecule has 1 aromatic rings. The summed E-state index contributed by atoms with van der Waals surface area (Å²) >= 11 is 0. The van der Waals surface area contributed by atoms with Gasteiger partial charge in [0.25, 0.3) is 0 Å². The number of rotatable bonds is 4. The van der Waals surface area contributed by atoms with Crippen LogP contribution in [0.2, 0.25) is 0 Å². The van der Waals surface area contributed by atoms with Crippen molar-refractivity contribution >= 4 is 5.69 Å². The van der Waals surface area contributed by atoms with Gasteiger partial charge < -0.3 is 14.7 Å². The number of hydrogen-bond acceptors (Lipinski definition) is 3. The third-order valence-corrected chi connectivity index (χ3v) is 3.35. The number of fused-ring (bicyclic) bond motifs is 1.